The van der Waals surface area contributed by atoms with E-state index in [-0.39, 0.29) is 23.4 Å². The second-order valence-corrected chi connectivity index (χ2v) is 7.01. The highest BCUT2D eigenvalue weighted by molar-refractivity contribution is 5.86. The fourth-order valence-corrected chi connectivity index (χ4v) is 3.11. The van der Waals surface area contributed by atoms with E-state index < -0.39 is 6.04 Å². The minimum Gasteiger partial charge on any atom is -0.357 e. The topological polar surface area (TPSA) is 73.1 Å². The zero-order valence-electron chi connectivity index (χ0n) is 14.9. The van der Waals surface area contributed by atoms with Gasteiger partial charge in [0, 0.05) is 20.5 Å². The molecule has 6 nitrogen and oxygen atoms in total. The van der Waals surface area contributed by atoms with E-state index in [2.05, 4.69) is 26.1 Å². The van der Waals surface area contributed by atoms with E-state index >= 15 is 0 Å². The van der Waals surface area contributed by atoms with Crippen molar-refractivity contribution in [3.63, 3.8) is 0 Å². The number of fused-ring (bicyclic) bond motifs is 1. The van der Waals surface area contributed by atoms with Gasteiger partial charge in [-0.05, 0) is 23.5 Å². The molecule has 6 heteroatoms. The van der Waals surface area contributed by atoms with E-state index in [0.29, 0.717) is 6.42 Å². The molecule has 1 atom stereocenters. The predicted molar refractivity (Wildman–Crippen MR) is 94.3 cm³/mol. The third-order valence-electron chi connectivity index (χ3n) is 4.33. The Hall–Kier alpha value is -2.37. The minimum absolute atomic E-state index is 0.138. The number of hydrogen-bond donors (Lipinski definition) is 1. The van der Waals surface area contributed by atoms with Crippen LogP contribution in [-0.2, 0) is 22.1 Å². The first-order chi connectivity index (χ1) is 11.2. The molecule has 0 bridgehead atoms. The molecule has 2 aromatic rings. The van der Waals surface area contributed by atoms with Crippen LogP contribution in [0.5, 0.6) is 0 Å². The van der Waals surface area contributed by atoms with Crippen LogP contribution in [-0.4, -0.2) is 28.4 Å². The maximum absolute atomic E-state index is 12.8. The quantitative estimate of drug-likeness (QED) is 0.851. The number of amides is 1. The van der Waals surface area contributed by atoms with Gasteiger partial charge in [-0.3, -0.25) is 13.9 Å². The summed E-state index contributed by atoms with van der Waals surface area (Å²) in [6.45, 7) is 6.27. The van der Waals surface area contributed by atoms with E-state index in [1.807, 2.05) is 18.2 Å². The lowest BCUT2D eigenvalue weighted by Gasteiger charge is -2.21. The molecule has 1 N–H and O–H groups in total. The number of benzene rings is 1. The second kappa shape index (κ2) is 6.63. The fraction of sp³-hybridized carbons (Fsp3) is 0.500. The van der Waals surface area contributed by atoms with Crippen LogP contribution in [0.4, 0.5) is 0 Å². The number of carbonyl (C=O) groups excluding carboxylic acids is 2. The number of rotatable bonds is 5. The average Bonchev–Trinajstić information content (AvgIpc) is 2.79. The third-order valence-corrected chi connectivity index (χ3v) is 4.33. The van der Waals surface area contributed by atoms with Gasteiger partial charge < -0.3 is 10.1 Å². The van der Waals surface area contributed by atoms with E-state index in [1.165, 1.54) is 11.6 Å². The number of likely N-dealkylation sites (N-methyl/N-ethyl adjacent to an activating group) is 1. The zero-order chi connectivity index (χ0) is 18.1. The molecule has 0 aliphatic heterocycles. The third kappa shape index (κ3) is 3.00. The van der Waals surface area contributed by atoms with Crippen LogP contribution in [0.2, 0.25) is 0 Å². The van der Waals surface area contributed by atoms with Crippen LogP contribution < -0.4 is 11.0 Å². The average molecular weight is 331 g/mol. The largest absolute Gasteiger partial charge is 0.357 e. The highest BCUT2D eigenvalue weighted by atomic mass is 16.2. The molecule has 2 rings (SSSR count). The van der Waals surface area contributed by atoms with Crippen LogP contribution in [0.1, 0.15) is 45.2 Å². The Morgan fingerprint density at radius 2 is 2.00 bits per heavy atom. The van der Waals surface area contributed by atoms with Gasteiger partial charge in [0.05, 0.1) is 11.0 Å². The van der Waals surface area contributed by atoms with Gasteiger partial charge in [-0.1, -0.05) is 32.9 Å². The van der Waals surface area contributed by atoms with Gasteiger partial charge in [0.2, 0.25) is 5.91 Å². The SMILES string of the molecule is CNC(=O)C(CCC=O)n1c(=O)n(C)c2c(C(C)(C)C)cccc21. The molecule has 1 amide bonds. The Bertz CT molecular complexity index is 824. The molecule has 24 heavy (non-hydrogen) atoms. The second-order valence-electron chi connectivity index (χ2n) is 7.01. The molecule has 0 saturated carbocycles. The lowest BCUT2D eigenvalue weighted by atomic mass is 9.86. The number of aryl methyl sites for hydroxylation is 1. The Morgan fingerprint density at radius 1 is 1.33 bits per heavy atom. The Balaban J connectivity index is 2.79. The molecule has 0 spiro atoms. The lowest BCUT2D eigenvalue weighted by Crippen LogP contribution is -2.36. The van der Waals surface area contributed by atoms with Crippen LogP contribution in [0.3, 0.4) is 0 Å². The summed E-state index contributed by atoms with van der Waals surface area (Å²) in [4.78, 5) is 35.9. The summed E-state index contributed by atoms with van der Waals surface area (Å²) in [5.41, 5.74) is 2.20. The molecule has 1 heterocycles. The summed E-state index contributed by atoms with van der Waals surface area (Å²) in [6, 6.07) is 5.06. The van der Waals surface area contributed by atoms with Crippen molar-refractivity contribution >= 4 is 23.2 Å². The van der Waals surface area contributed by atoms with Crippen molar-refractivity contribution in [3.05, 3.63) is 34.2 Å². The summed E-state index contributed by atoms with van der Waals surface area (Å²) in [7, 11) is 3.25. The maximum atomic E-state index is 12.8. The van der Waals surface area contributed by atoms with Crippen molar-refractivity contribution in [2.45, 2.75) is 45.1 Å². The van der Waals surface area contributed by atoms with Crippen molar-refractivity contribution in [1.82, 2.24) is 14.5 Å². The normalized spacial score (nSPS) is 13.0. The lowest BCUT2D eigenvalue weighted by molar-refractivity contribution is -0.124. The van der Waals surface area contributed by atoms with Gasteiger partial charge in [0.25, 0.3) is 0 Å². The Morgan fingerprint density at radius 3 is 2.54 bits per heavy atom. The van der Waals surface area contributed by atoms with Gasteiger partial charge in [-0.15, -0.1) is 0 Å². The molecule has 0 aliphatic carbocycles. The molecule has 0 fully saturated rings. The first-order valence-corrected chi connectivity index (χ1v) is 8.09. The van der Waals surface area contributed by atoms with Crippen molar-refractivity contribution in [3.8, 4) is 0 Å². The monoisotopic (exact) mass is 331 g/mol. The number of aromatic nitrogens is 2. The molecule has 130 valence electrons. The summed E-state index contributed by atoms with van der Waals surface area (Å²) in [5, 5.41) is 2.59. The molecule has 1 unspecified atom stereocenters. The standard InChI is InChI=1S/C18H25N3O3/c1-18(2,3)12-8-6-9-13-15(12)20(5)17(24)21(13)14(10-7-11-22)16(23)19-4/h6,8-9,11,14H,7,10H2,1-5H3,(H,19,23). The van der Waals surface area contributed by atoms with Crippen LogP contribution in [0.25, 0.3) is 11.0 Å². The van der Waals surface area contributed by atoms with Gasteiger partial charge in [-0.25, -0.2) is 4.79 Å². The maximum Gasteiger partial charge on any atom is 0.329 e. The van der Waals surface area contributed by atoms with Gasteiger partial charge in [0.15, 0.2) is 0 Å². The molecule has 0 aliphatic rings. The zero-order valence-corrected chi connectivity index (χ0v) is 14.9. The molecular weight excluding hydrogens is 306 g/mol. The van der Waals surface area contributed by atoms with Crippen molar-refractivity contribution < 1.29 is 9.59 Å². The highest BCUT2D eigenvalue weighted by Gasteiger charge is 2.27. The van der Waals surface area contributed by atoms with Crippen LogP contribution in [0.15, 0.2) is 23.0 Å². The Kier molecular flexibility index (Phi) is 4.96. The number of hydrogen-bond acceptors (Lipinski definition) is 3. The summed E-state index contributed by atoms with van der Waals surface area (Å²) >= 11 is 0. The van der Waals surface area contributed by atoms with E-state index in [0.717, 1.165) is 22.9 Å². The molecule has 1 aromatic heterocycles. The summed E-state index contributed by atoms with van der Waals surface area (Å²) < 4.78 is 3.10. The van der Waals surface area contributed by atoms with Crippen molar-refractivity contribution in [2.24, 2.45) is 7.05 Å². The minimum atomic E-state index is -0.702. The fourth-order valence-electron chi connectivity index (χ4n) is 3.11. The first kappa shape index (κ1) is 18.0. The van der Waals surface area contributed by atoms with Crippen molar-refractivity contribution in [1.29, 1.82) is 0 Å². The van der Waals surface area contributed by atoms with Crippen molar-refractivity contribution in [2.75, 3.05) is 7.05 Å². The first-order valence-electron chi connectivity index (χ1n) is 8.09. The molecule has 0 saturated heterocycles. The molecular formula is C18H25N3O3. The smallest absolute Gasteiger partial charge is 0.329 e. The number of nitrogens with one attached hydrogen (secondary N) is 1. The number of nitrogens with zero attached hydrogens (tertiary/aromatic N) is 2. The van der Waals surface area contributed by atoms with E-state index in [9.17, 15) is 14.4 Å². The number of aldehydes is 1. The number of imidazole rings is 1. The molecule has 1 aromatic carbocycles. The van der Waals surface area contributed by atoms with E-state index in [4.69, 9.17) is 0 Å². The van der Waals surface area contributed by atoms with Gasteiger partial charge >= 0.3 is 5.69 Å². The highest BCUT2D eigenvalue weighted by Crippen LogP contribution is 2.30. The van der Waals surface area contributed by atoms with Crippen LogP contribution in [0, 0.1) is 0 Å². The van der Waals surface area contributed by atoms with Crippen LogP contribution >= 0.6 is 0 Å². The van der Waals surface area contributed by atoms with E-state index in [1.54, 1.807) is 11.6 Å². The summed E-state index contributed by atoms with van der Waals surface area (Å²) in [5.74, 6) is -0.271. The summed E-state index contributed by atoms with van der Waals surface area (Å²) in [6.07, 6.45) is 1.29. The van der Waals surface area contributed by atoms with Gasteiger partial charge in [0.1, 0.15) is 12.3 Å². The molecule has 0 radical (unpaired) electrons. The Labute approximate surface area is 141 Å². The van der Waals surface area contributed by atoms with Gasteiger partial charge in [-0.2, -0.15) is 0 Å². The number of para-hydroxylation sites is 1. The predicted octanol–water partition coefficient (Wildman–Crippen LogP) is 1.90. The number of carbonyl (C=O) groups is 2.